The van der Waals surface area contributed by atoms with E-state index in [4.69, 9.17) is 16.1 Å². The number of nitrogens with zero attached hydrogens (tertiary/aromatic N) is 3. The van der Waals surface area contributed by atoms with Gasteiger partial charge in [-0.25, -0.2) is 0 Å². The first kappa shape index (κ1) is 14.4. The second kappa shape index (κ2) is 6.08. The van der Waals surface area contributed by atoms with Crippen molar-refractivity contribution < 1.29 is 9.45 Å². The number of nitro benzene ring substituents is 1. The molecular formula is C14H8ClN3O3S. The number of thiophene rings is 1. The second-order valence-corrected chi connectivity index (χ2v) is 5.60. The van der Waals surface area contributed by atoms with Crippen LogP contribution in [-0.2, 0) is 0 Å². The molecule has 0 saturated heterocycles. The molecule has 0 unspecified atom stereocenters. The first-order valence-electron chi connectivity index (χ1n) is 6.13. The minimum absolute atomic E-state index is 0.0195. The normalized spacial score (nSPS) is 11.6. The van der Waals surface area contributed by atoms with Crippen LogP contribution in [0.3, 0.4) is 0 Å². The Morgan fingerprint density at radius 2 is 2.09 bits per heavy atom. The van der Waals surface area contributed by atoms with Gasteiger partial charge in [-0.05, 0) is 35.2 Å². The van der Waals surface area contributed by atoms with E-state index in [0.29, 0.717) is 11.4 Å². The van der Waals surface area contributed by atoms with Crippen molar-refractivity contribution in [2.24, 2.45) is 0 Å². The van der Waals surface area contributed by atoms with Gasteiger partial charge in [0.2, 0.25) is 5.82 Å². The highest BCUT2D eigenvalue weighted by Gasteiger charge is 2.12. The molecule has 0 bridgehead atoms. The first-order valence-corrected chi connectivity index (χ1v) is 7.39. The molecule has 0 aliphatic heterocycles. The maximum Gasteiger partial charge on any atom is 0.269 e. The Labute approximate surface area is 133 Å². The third-order valence-electron chi connectivity index (χ3n) is 2.77. The smallest absolute Gasteiger partial charge is 0.269 e. The Morgan fingerprint density at radius 1 is 1.32 bits per heavy atom. The number of rotatable bonds is 4. The average molecular weight is 334 g/mol. The van der Waals surface area contributed by atoms with Crippen LogP contribution in [0, 0.1) is 10.1 Å². The Morgan fingerprint density at radius 3 is 2.73 bits per heavy atom. The maximum absolute atomic E-state index is 10.6. The molecule has 0 saturated carbocycles. The van der Waals surface area contributed by atoms with Crippen LogP contribution in [0.1, 0.15) is 11.5 Å². The predicted molar refractivity (Wildman–Crippen MR) is 84.4 cm³/mol. The molecule has 3 rings (SSSR count). The van der Waals surface area contributed by atoms with E-state index < -0.39 is 4.92 Å². The minimum atomic E-state index is -0.458. The van der Waals surface area contributed by atoms with Gasteiger partial charge in [0.15, 0.2) is 0 Å². The zero-order valence-corrected chi connectivity index (χ0v) is 12.5. The summed E-state index contributed by atoms with van der Waals surface area (Å²) in [5.74, 6) is 0.670. The molecule has 1 aromatic carbocycles. The number of nitro groups is 1. The van der Waals surface area contributed by atoms with Gasteiger partial charge in [-0.1, -0.05) is 22.8 Å². The van der Waals surface area contributed by atoms with Crippen molar-refractivity contribution in [1.29, 1.82) is 0 Å². The minimum Gasteiger partial charge on any atom is -0.333 e. The van der Waals surface area contributed by atoms with E-state index in [1.54, 1.807) is 18.2 Å². The van der Waals surface area contributed by atoms with Crippen LogP contribution in [0.4, 0.5) is 5.69 Å². The zero-order valence-electron chi connectivity index (χ0n) is 11.0. The lowest BCUT2D eigenvalue weighted by Crippen LogP contribution is -1.86. The highest BCUT2D eigenvalue weighted by Crippen LogP contribution is 2.26. The molecule has 2 heterocycles. The molecule has 22 heavy (non-hydrogen) atoms. The molecule has 110 valence electrons. The second-order valence-electron chi connectivity index (χ2n) is 4.24. The van der Waals surface area contributed by atoms with Crippen molar-refractivity contribution in [3.05, 3.63) is 63.3 Å². The molecule has 0 radical (unpaired) electrons. The lowest BCUT2D eigenvalue weighted by Gasteiger charge is -1.95. The fourth-order valence-corrected chi connectivity index (χ4v) is 2.58. The highest BCUT2D eigenvalue weighted by molar-refractivity contribution is 7.13. The summed E-state index contributed by atoms with van der Waals surface area (Å²) in [6, 6.07) is 9.77. The third-order valence-corrected chi connectivity index (χ3v) is 3.91. The molecule has 0 fully saturated rings. The van der Waals surface area contributed by atoms with Gasteiger partial charge in [-0.15, -0.1) is 11.3 Å². The fourth-order valence-electron chi connectivity index (χ4n) is 1.73. The summed E-state index contributed by atoms with van der Waals surface area (Å²) in [7, 11) is 0. The number of hydrogen-bond donors (Lipinski definition) is 0. The molecule has 8 heteroatoms. The van der Waals surface area contributed by atoms with Gasteiger partial charge in [0.05, 0.1) is 9.80 Å². The Kier molecular flexibility index (Phi) is 3.99. The van der Waals surface area contributed by atoms with Crippen molar-refractivity contribution in [2.75, 3.05) is 0 Å². The average Bonchev–Trinajstić information content (AvgIpc) is 3.19. The van der Waals surface area contributed by atoms with Gasteiger partial charge >= 0.3 is 0 Å². The lowest BCUT2D eigenvalue weighted by atomic mass is 10.2. The lowest BCUT2D eigenvalue weighted by molar-refractivity contribution is -0.384. The van der Waals surface area contributed by atoms with Crippen LogP contribution in [0.2, 0.25) is 0 Å². The summed E-state index contributed by atoms with van der Waals surface area (Å²) in [5, 5.41) is 16.7. The van der Waals surface area contributed by atoms with Gasteiger partial charge in [0.25, 0.3) is 11.6 Å². The fraction of sp³-hybridized carbons (Fsp3) is 0. The van der Waals surface area contributed by atoms with Crippen molar-refractivity contribution in [2.45, 2.75) is 0 Å². The van der Waals surface area contributed by atoms with E-state index in [1.807, 2.05) is 17.5 Å². The van der Waals surface area contributed by atoms with Crippen LogP contribution < -0.4 is 0 Å². The van der Waals surface area contributed by atoms with E-state index in [-0.39, 0.29) is 16.6 Å². The number of hydrogen-bond acceptors (Lipinski definition) is 6. The topological polar surface area (TPSA) is 82.1 Å². The molecule has 0 aliphatic rings. The summed E-state index contributed by atoms with van der Waals surface area (Å²) in [6.45, 7) is 0. The predicted octanol–water partition coefficient (Wildman–Crippen LogP) is 4.44. The monoisotopic (exact) mass is 333 g/mol. The number of non-ortho nitro benzene ring substituents is 1. The number of halogens is 1. The van der Waals surface area contributed by atoms with Crippen LogP contribution >= 0.6 is 22.9 Å². The standard InChI is InChI=1S/C14H8ClN3O3S/c15-11(8-9-3-5-10(6-4-9)18(19)20)14-16-13(17-21-14)12-2-1-7-22-12/h1-8H/b11-8-. The van der Waals surface area contributed by atoms with Gasteiger partial charge in [0, 0.05) is 12.1 Å². The summed E-state index contributed by atoms with van der Waals surface area (Å²) >= 11 is 7.65. The summed E-state index contributed by atoms with van der Waals surface area (Å²) in [4.78, 5) is 15.2. The first-order chi connectivity index (χ1) is 10.6. The molecule has 0 N–H and O–H groups in total. The Bertz CT molecular complexity index is 825. The van der Waals surface area contributed by atoms with Crippen LogP contribution in [0.25, 0.3) is 21.8 Å². The zero-order chi connectivity index (χ0) is 15.5. The van der Waals surface area contributed by atoms with E-state index in [2.05, 4.69) is 10.1 Å². The van der Waals surface area contributed by atoms with Gasteiger partial charge in [-0.2, -0.15) is 4.98 Å². The van der Waals surface area contributed by atoms with Crippen LogP contribution in [0.15, 0.2) is 46.3 Å². The van der Waals surface area contributed by atoms with Gasteiger partial charge < -0.3 is 4.52 Å². The number of benzene rings is 1. The van der Waals surface area contributed by atoms with Crippen molar-refractivity contribution in [1.82, 2.24) is 10.1 Å². The van der Waals surface area contributed by atoms with Crippen LogP contribution in [-0.4, -0.2) is 15.1 Å². The quantitative estimate of drug-likeness (QED) is 0.520. The summed E-state index contributed by atoms with van der Waals surface area (Å²) in [5.41, 5.74) is 0.720. The van der Waals surface area contributed by atoms with E-state index >= 15 is 0 Å². The van der Waals surface area contributed by atoms with E-state index in [1.165, 1.54) is 23.5 Å². The SMILES string of the molecule is O=[N+]([O-])c1ccc(/C=C(\Cl)c2nc(-c3cccs3)no2)cc1. The summed E-state index contributed by atoms with van der Waals surface area (Å²) in [6.07, 6.45) is 1.61. The van der Waals surface area contributed by atoms with Gasteiger partial charge in [0.1, 0.15) is 5.03 Å². The Balaban J connectivity index is 1.84. The third kappa shape index (κ3) is 3.05. The van der Waals surface area contributed by atoms with Crippen molar-refractivity contribution >= 4 is 39.7 Å². The largest absolute Gasteiger partial charge is 0.333 e. The molecule has 3 aromatic rings. The van der Waals surface area contributed by atoms with Gasteiger partial charge in [-0.3, -0.25) is 10.1 Å². The number of aromatic nitrogens is 2. The van der Waals surface area contributed by atoms with E-state index in [0.717, 1.165) is 4.88 Å². The molecule has 2 aromatic heterocycles. The molecular weight excluding hydrogens is 326 g/mol. The molecule has 0 amide bonds. The molecule has 6 nitrogen and oxygen atoms in total. The van der Waals surface area contributed by atoms with Crippen LogP contribution in [0.5, 0.6) is 0 Å². The molecule has 0 spiro atoms. The van der Waals surface area contributed by atoms with Crippen molar-refractivity contribution in [3.8, 4) is 10.7 Å². The van der Waals surface area contributed by atoms with E-state index in [9.17, 15) is 10.1 Å². The molecule has 0 atom stereocenters. The highest BCUT2D eigenvalue weighted by atomic mass is 35.5. The summed E-state index contributed by atoms with van der Waals surface area (Å²) < 4.78 is 5.12. The van der Waals surface area contributed by atoms with Crippen molar-refractivity contribution in [3.63, 3.8) is 0 Å². The maximum atomic E-state index is 10.6. The Hall–Kier alpha value is -2.51. The molecule has 0 aliphatic carbocycles.